The molecule has 3 heteroatoms. The van der Waals surface area contributed by atoms with Crippen molar-refractivity contribution in [1.29, 1.82) is 0 Å². The average molecular weight is 497 g/mol. The molecule has 0 aliphatic carbocycles. The fourth-order valence-corrected chi connectivity index (χ4v) is 5.26. The van der Waals surface area contributed by atoms with Crippen molar-refractivity contribution in [2.75, 3.05) is 0 Å². The van der Waals surface area contributed by atoms with Crippen LogP contribution in [-0.4, -0.2) is 22.3 Å². The molecule has 0 amide bonds. The Morgan fingerprint density at radius 2 is 0.714 bits per heavy atom. The van der Waals surface area contributed by atoms with Crippen LogP contribution in [0.25, 0.3) is 0 Å². The Bertz CT molecular complexity index is 423. The van der Waals surface area contributed by atoms with Gasteiger partial charge in [-0.1, -0.05) is 174 Å². The highest BCUT2D eigenvalue weighted by Crippen LogP contribution is 2.21. The first-order chi connectivity index (χ1) is 17.1. The monoisotopic (exact) mass is 496 g/mol. The summed E-state index contributed by atoms with van der Waals surface area (Å²) in [6.45, 7) is 4.53. The van der Waals surface area contributed by atoms with Crippen molar-refractivity contribution in [2.45, 2.75) is 193 Å². The molecule has 0 bridgehead atoms. The van der Waals surface area contributed by atoms with Crippen molar-refractivity contribution in [1.82, 2.24) is 0 Å². The predicted octanol–water partition coefficient (Wildman–Crippen LogP) is 10.6. The molecule has 210 valence electrons. The zero-order valence-corrected chi connectivity index (χ0v) is 24.0. The minimum atomic E-state index is -0.810. The maximum atomic E-state index is 11.6. The summed E-state index contributed by atoms with van der Waals surface area (Å²) in [5, 5.41) is 20.0. The number of aliphatic carboxylic acids is 1. The Morgan fingerprint density at radius 3 is 1.00 bits per heavy atom. The second-order valence-electron chi connectivity index (χ2n) is 11.2. The van der Waals surface area contributed by atoms with Crippen LogP contribution >= 0.6 is 0 Å². The number of carboxylic acid groups (broad SMARTS) is 1. The number of aliphatic hydroxyl groups excluding tert-OH is 1. The van der Waals surface area contributed by atoms with Crippen LogP contribution in [0.5, 0.6) is 0 Å². The van der Waals surface area contributed by atoms with E-state index in [2.05, 4.69) is 13.8 Å². The normalized spacial score (nSPS) is 13.2. The van der Waals surface area contributed by atoms with Crippen LogP contribution in [0.15, 0.2) is 0 Å². The summed E-state index contributed by atoms with van der Waals surface area (Å²) in [7, 11) is 0. The molecule has 2 atom stereocenters. The topological polar surface area (TPSA) is 57.5 Å². The first kappa shape index (κ1) is 34.4. The molecule has 0 aromatic carbocycles. The SMILES string of the molecule is CCCCCCCCCCCCCCC[C@@H](O)[C@H](CCCCCCCCCCCCCC)C(=O)O. The van der Waals surface area contributed by atoms with Crippen LogP contribution in [0.3, 0.4) is 0 Å². The van der Waals surface area contributed by atoms with Crippen molar-refractivity contribution >= 4 is 5.97 Å². The van der Waals surface area contributed by atoms with Gasteiger partial charge in [0, 0.05) is 0 Å². The summed E-state index contributed by atoms with van der Waals surface area (Å²) in [4.78, 5) is 11.6. The molecule has 3 nitrogen and oxygen atoms in total. The van der Waals surface area contributed by atoms with Crippen molar-refractivity contribution in [3.63, 3.8) is 0 Å². The average Bonchev–Trinajstić information content (AvgIpc) is 2.84. The molecule has 0 fully saturated rings. The van der Waals surface area contributed by atoms with Gasteiger partial charge < -0.3 is 10.2 Å². The van der Waals surface area contributed by atoms with Gasteiger partial charge in [-0.15, -0.1) is 0 Å². The van der Waals surface area contributed by atoms with Gasteiger partial charge in [-0.05, 0) is 12.8 Å². The second-order valence-corrected chi connectivity index (χ2v) is 11.2. The molecular formula is C32H64O3. The predicted molar refractivity (Wildman–Crippen MR) is 153 cm³/mol. The fraction of sp³-hybridized carbons (Fsp3) is 0.969. The molecule has 0 aromatic rings. The maximum absolute atomic E-state index is 11.6. The lowest BCUT2D eigenvalue weighted by Gasteiger charge is -2.19. The minimum Gasteiger partial charge on any atom is -0.481 e. The highest BCUT2D eigenvalue weighted by Gasteiger charge is 2.25. The summed E-state index contributed by atoms with van der Waals surface area (Å²) < 4.78 is 0. The fourth-order valence-electron chi connectivity index (χ4n) is 5.26. The number of carbonyl (C=O) groups is 1. The number of unbranched alkanes of at least 4 members (excludes halogenated alkanes) is 23. The van der Waals surface area contributed by atoms with Gasteiger partial charge in [0.25, 0.3) is 0 Å². The van der Waals surface area contributed by atoms with Crippen LogP contribution in [0.1, 0.15) is 187 Å². The molecule has 0 aliphatic heterocycles. The molecule has 0 rings (SSSR count). The van der Waals surface area contributed by atoms with Crippen LogP contribution in [0.2, 0.25) is 0 Å². The molecule has 2 N–H and O–H groups in total. The summed E-state index contributed by atoms with van der Waals surface area (Å²) in [6.07, 6.45) is 33.0. The van der Waals surface area contributed by atoms with Gasteiger partial charge in [0.1, 0.15) is 0 Å². The third-order valence-corrected chi connectivity index (χ3v) is 7.75. The van der Waals surface area contributed by atoms with E-state index in [1.807, 2.05) is 0 Å². The lowest BCUT2D eigenvalue weighted by Crippen LogP contribution is -2.28. The lowest BCUT2D eigenvalue weighted by atomic mass is 9.91. The van der Waals surface area contributed by atoms with Crippen LogP contribution < -0.4 is 0 Å². The minimum absolute atomic E-state index is 0.574. The van der Waals surface area contributed by atoms with Crippen molar-refractivity contribution in [3.05, 3.63) is 0 Å². The smallest absolute Gasteiger partial charge is 0.309 e. The molecule has 0 heterocycles. The number of carboxylic acids is 1. The molecule has 35 heavy (non-hydrogen) atoms. The maximum Gasteiger partial charge on any atom is 0.309 e. The molecular weight excluding hydrogens is 432 g/mol. The quantitative estimate of drug-likeness (QED) is 0.101. The third kappa shape index (κ3) is 24.9. The first-order valence-electron chi connectivity index (χ1n) is 16.0. The second kappa shape index (κ2) is 28.0. The van der Waals surface area contributed by atoms with E-state index >= 15 is 0 Å². The van der Waals surface area contributed by atoms with Crippen LogP contribution in [0.4, 0.5) is 0 Å². The van der Waals surface area contributed by atoms with Gasteiger partial charge in [0.15, 0.2) is 0 Å². The number of hydrogen-bond donors (Lipinski definition) is 2. The Balaban J connectivity index is 3.56. The van der Waals surface area contributed by atoms with Gasteiger partial charge in [-0.2, -0.15) is 0 Å². The molecule has 0 spiro atoms. The molecule has 0 saturated carbocycles. The van der Waals surface area contributed by atoms with Gasteiger partial charge in [0.2, 0.25) is 0 Å². The van der Waals surface area contributed by atoms with Gasteiger partial charge in [-0.25, -0.2) is 0 Å². The summed E-state index contributed by atoms with van der Waals surface area (Å²) in [5.41, 5.74) is 0. The Morgan fingerprint density at radius 1 is 0.457 bits per heavy atom. The van der Waals surface area contributed by atoms with E-state index in [1.54, 1.807) is 0 Å². The molecule has 0 radical (unpaired) electrons. The summed E-state index contributed by atoms with van der Waals surface area (Å²) in [6, 6.07) is 0. The summed E-state index contributed by atoms with van der Waals surface area (Å²) in [5.74, 6) is -1.38. The van der Waals surface area contributed by atoms with E-state index in [1.165, 1.54) is 135 Å². The zero-order chi connectivity index (χ0) is 25.8. The van der Waals surface area contributed by atoms with E-state index in [-0.39, 0.29) is 0 Å². The lowest BCUT2D eigenvalue weighted by molar-refractivity contribution is -0.146. The van der Waals surface area contributed by atoms with Crippen LogP contribution in [-0.2, 0) is 4.79 Å². The molecule has 0 aliphatic rings. The number of aliphatic hydroxyl groups is 1. The van der Waals surface area contributed by atoms with E-state index in [9.17, 15) is 15.0 Å². The van der Waals surface area contributed by atoms with Crippen molar-refractivity contribution < 1.29 is 15.0 Å². The molecule has 0 unspecified atom stereocenters. The number of rotatable bonds is 29. The van der Waals surface area contributed by atoms with Crippen LogP contribution in [0, 0.1) is 5.92 Å². The Labute approximate surface area is 220 Å². The van der Waals surface area contributed by atoms with Gasteiger partial charge in [0.05, 0.1) is 12.0 Å². The molecule has 0 saturated heterocycles. The first-order valence-corrected chi connectivity index (χ1v) is 16.0. The standard InChI is InChI=1S/C32H64O3/c1-3-5-7-9-11-13-15-17-19-21-23-25-27-29-31(33)30(32(34)35)28-26-24-22-20-18-16-14-12-10-8-6-4-2/h30-31,33H,3-29H2,1-2H3,(H,34,35)/t30-,31+/m0/s1. The highest BCUT2D eigenvalue weighted by molar-refractivity contribution is 5.70. The van der Waals surface area contributed by atoms with Crippen molar-refractivity contribution in [2.24, 2.45) is 5.92 Å². The van der Waals surface area contributed by atoms with Gasteiger partial charge in [-0.3, -0.25) is 4.79 Å². The molecule has 0 aromatic heterocycles. The zero-order valence-electron chi connectivity index (χ0n) is 24.0. The number of hydrogen-bond acceptors (Lipinski definition) is 2. The van der Waals surface area contributed by atoms with E-state index < -0.39 is 18.0 Å². The Kier molecular flexibility index (Phi) is 27.6. The van der Waals surface area contributed by atoms with Gasteiger partial charge >= 0.3 is 5.97 Å². The largest absolute Gasteiger partial charge is 0.481 e. The van der Waals surface area contributed by atoms with E-state index in [4.69, 9.17) is 0 Å². The van der Waals surface area contributed by atoms with E-state index in [0.29, 0.717) is 12.8 Å². The van der Waals surface area contributed by atoms with E-state index in [0.717, 1.165) is 25.7 Å². The van der Waals surface area contributed by atoms with Crippen molar-refractivity contribution in [3.8, 4) is 0 Å². The third-order valence-electron chi connectivity index (χ3n) is 7.75. The highest BCUT2D eigenvalue weighted by atomic mass is 16.4. The Hall–Kier alpha value is -0.570. The summed E-state index contributed by atoms with van der Waals surface area (Å²) >= 11 is 0.